The number of aromatic nitrogens is 2. The number of fused-ring (bicyclic) bond motifs is 1. The van der Waals surface area contributed by atoms with Crippen LogP contribution in [0.15, 0.2) is 66.7 Å². The van der Waals surface area contributed by atoms with Gasteiger partial charge in [-0.15, -0.1) is 0 Å². The summed E-state index contributed by atoms with van der Waals surface area (Å²) in [6.45, 7) is 1.96. The fourth-order valence-electron chi connectivity index (χ4n) is 3.02. The normalized spacial score (nSPS) is 10.7. The second-order valence-corrected chi connectivity index (χ2v) is 6.34. The van der Waals surface area contributed by atoms with Crippen LogP contribution < -0.4 is 10.1 Å². The summed E-state index contributed by atoms with van der Waals surface area (Å²) in [7, 11) is 1.58. The van der Waals surface area contributed by atoms with E-state index in [1.165, 1.54) is 0 Å². The molecule has 0 saturated heterocycles. The molecule has 0 unspecified atom stereocenters. The molecule has 1 heterocycles. The summed E-state index contributed by atoms with van der Waals surface area (Å²) in [5.74, 6) is 1.15. The Hall–Kier alpha value is -3.60. The monoisotopic (exact) mass is 357 g/mol. The molecule has 4 aromatic rings. The van der Waals surface area contributed by atoms with E-state index in [1.807, 2.05) is 67.6 Å². The highest BCUT2D eigenvalue weighted by Crippen LogP contribution is 2.30. The lowest BCUT2D eigenvalue weighted by molar-refractivity contribution is 0.102. The van der Waals surface area contributed by atoms with Crippen LogP contribution in [0.4, 0.5) is 5.69 Å². The van der Waals surface area contributed by atoms with E-state index in [2.05, 4.69) is 15.3 Å². The Morgan fingerprint density at radius 3 is 2.67 bits per heavy atom. The second kappa shape index (κ2) is 6.96. The average Bonchev–Trinajstić information content (AvgIpc) is 3.12. The van der Waals surface area contributed by atoms with Crippen LogP contribution >= 0.6 is 0 Å². The van der Waals surface area contributed by atoms with E-state index >= 15 is 0 Å². The van der Waals surface area contributed by atoms with E-state index in [1.54, 1.807) is 13.2 Å². The van der Waals surface area contributed by atoms with Crippen LogP contribution in [-0.4, -0.2) is 23.0 Å². The molecule has 27 heavy (non-hydrogen) atoms. The molecule has 0 aliphatic rings. The van der Waals surface area contributed by atoms with Crippen LogP contribution in [0.2, 0.25) is 0 Å². The Kier molecular flexibility index (Phi) is 4.34. The molecule has 1 aromatic heterocycles. The van der Waals surface area contributed by atoms with E-state index in [4.69, 9.17) is 4.74 Å². The molecule has 2 N–H and O–H groups in total. The number of carbonyl (C=O) groups is 1. The van der Waals surface area contributed by atoms with Gasteiger partial charge in [-0.2, -0.15) is 0 Å². The summed E-state index contributed by atoms with van der Waals surface area (Å²) in [5, 5.41) is 2.94. The van der Waals surface area contributed by atoms with E-state index in [-0.39, 0.29) is 5.91 Å². The van der Waals surface area contributed by atoms with Crippen molar-refractivity contribution in [3.63, 3.8) is 0 Å². The van der Waals surface area contributed by atoms with E-state index in [9.17, 15) is 4.79 Å². The zero-order chi connectivity index (χ0) is 18.8. The number of anilines is 1. The Morgan fingerprint density at radius 1 is 1.04 bits per heavy atom. The van der Waals surface area contributed by atoms with Gasteiger partial charge in [-0.3, -0.25) is 4.79 Å². The molecule has 0 radical (unpaired) electrons. The summed E-state index contributed by atoms with van der Waals surface area (Å²) in [6, 6.07) is 20.9. The maximum atomic E-state index is 12.6. The zero-order valence-electron chi connectivity index (χ0n) is 15.1. The van der Waals surface area contributed by atoms with Gasteiger partial charge in [-0.05, 0) is 49.4 Å². The van der Waals surface area contributed by atoms with Crippen molar-refractivity contribution in [2.24, 2.45) is 0 Å². The first-order valence-electron chi connectivity index (χ1n) is 8.65. The van der Waals surface area contributed by atoms with Crippen LogP contribution in [0.1, 0.15) is 15.9 Å². The van der Waals surface area contributed by atoms with Gasteiger partial charge < -0.3 is 15.0 Å². The number of imidazole rings is 1. The summed E-state index contributed by atoms with van der Waals surface area (Å²) in [6.07, 6.45) is 0. The fraction of sp³-hybridized carbons (Fsp3) is 0.0909. The minimum absolute atomic E-state index is 0.182. The van der Waals surface area contributed by atoms with Gasteiger partial charge in [0.05, 0.1) is 23.8 Å². The standard InChI is InChI=1S/C22H19N3O2/c1-14-6-5-7-16(12-14)22(26)25-19-13-15(10-11-20(19)27-2)21-23-17-8-3-4-9-18(17)24-21/h3-13H,1-2H3,(H,23,24)(H,25,26). The van der Waals surface area contributed by atoms with Crippen molar-refractivity contribution in [2.45, 2.75) is 6.92 Å². The summed E-state index contributed by atoms with van der Waals surface area (Å²) < 4.78 is 5.41. The van der Waals surface area contributed by atoms with Crippen LogP contribution in [0.5, 0.6) is 5.75 Å². The number of para-hydroxylation sites is 2. The number of aromatic amines is 1. The molecule has 5 heteroatoms. The van der Waals surface area contributed by atoms with Crippen LogP contribution in [0.3, 0.4) is 0 Å². The van der Waals surface area contributed by atoms with Gasteiger partial charge in [0.15, 0.2) is 0 Å². The lowest BCUT2D eigenvalue weighted by atomic mass is 10.1. The SMILES string of the molecule is COc1ccc(-c2nc3ccccc3[nH]2)cc1NC(=O)c1cccc(C)c1. The third-order valence-electron chi connectivity index (χ3n) is 4.39. The molecule has 134 valence electrons. The maximum absolute atomic E-state index is 12.6. The molecule has 0 saturated carbocycles. The van der Waals surface area contributed by atoms with Crippen molar-refractivity contribution in [2.75, 3.05) is 12.4 Å². The first-order valence-corrected chi connectivity index (χ1v) is 8.65. The molecule has 0 atom stereocenters. The molecule has 5 nitrogen and oxygen atoms in total. The van der Waals surface area contributed by atoms with Crippen molar-refractivity contribution in [1.82, 2.24) is 9.97 Å². The van der Waals surface area contributed by atoms with Crippen molar-refractivity contribution in [3.8, 4) is 17.1 Å². The Labute approximate surface area is 157 Å². The Balaban J connectivity index is 1.69. The molecule has 0 fully saturated rings. The van der Waals surface area contributed by atoms with Crippen molar-refractivity contribution in [1.29, 1.82) is 0 Å². The molecule has 0 spiro atoms. The predicted octanol–water partition coefficient (Wildman–Crippen LogP) is 4.80. The van der Waals surface area contributed by atoms with Crippen LogP contribution in [0, 0.1) is 6.92 Å². The number of ether oxygens (including phenoxy) is 1. The molecule has 3 aromatic carbocycles. The molecular weight excluding hydrogens is 338 g/mol. The fourth-order valence-corrected chi connectivity index (χ4v) is 3.02. The van der Waals surface area contributed by atoms with Gasteiger partial charge in [0.1, 0.15) is 11.6 Å². The minimum atomic E-state index is -0.182. The zero-order valence-corrected chi connectivity index (χ0v) is 15.1. The number of nitrogens with one attached hydrogen (secondary N) is 2. The lowest BCUT2D eigenvalue weighted by Gasteiger charge is -2.12. The molecule has 4 rings (SSSR count). The van der Waals surface area contributed by atoms with E-state index in [0.29, 0.717) is 17.0 Å². The molecule has 0 aliphatic carbocycles. The number of methoxy groups -OCH3 is 1. The largest absolute Gasteiger partial charge is 0.495 e. The van der Waals surface area contributed by atoms with Gasteiger partial charge >= 0.3 is 0 Å². The third kappa shape index (κ3) is 3.40. The van der Waals surface area contributed by atoms with Crippen LogP contribution in [0.25, 0.3) is 22.4 Å². The average molecular weight is 357 g/mol. The van der Waals surface area contributed by atoms with Crippen LogP contribution in [-0.2, 0) is 0 Å². The number of aryl methyl sites for hydroxylation is 1. The van der Waals surface area contributed by atoms with Crippen molar-refractivity contribution < 1.29 is 9.53 Å². The Bertz CT molecular complexity index is 1100. The van der Waals surface area contributed by atoms with E-state index in [0.717, 1.165) is 28.0 Å². The first-order chi connectivity index (χ1) is 13.1. The van der Waals surface area contributed by atoms with Gasteiger partial charge in [-0.25, -0.2) is 4.98 Å². The lowest BCUT2D eigenvalue weighted by Crippen LogP contribution is -2.12. The maximum Gasteiger partial charge on any atom is 0.255 e. The highest BCUT2D eigenvalue weighted by Gasteiger charge is 2.13. The van der Waals surface area contributed by atoms with Gasteiger partial charge in [0.2, 0.25) is 0 Å². The quantitative estimate of drug-likeness (QED) is 0.551. The highest BCUT2D eigenvalue weighted by atomic mass is 16.5. The number of hydrogen-bond donors (Lipinski definition) is 2. The van der Waals surface area contributed by atoms with Gasteiger partial charge in [-0.1, -0.05) is 29.8 Å². The number of rotatable bonds is 4. The summed E-state index contributed by atoms with van der Waals surface area (Å²) >= 11 is 0. The van der Waals surface area contributed by atoms with Crippen molar-refractivity contribution >= 4 is 22.6 Å². The first kappa shape index (κ1) is 16.8. The van der Waals surface area contributed by atoms with E-state index < -0.39 is 0 Å². The number of benzene rings is 3. The second-order valence-electron chi connectivity index (χ2n) is 6.34. The number of amides is 1. The molecular formula is C22H19N3O2. The third-order valence-corrected chi connectivity index (χ3v) is 4.39. The van der Waals surface area contributed by atoms with Gasteiger partial charge in [0, 0.05) is 11.1 Å². The number of carbonyl (C=O) groups excluding carboxylic acids is 1. The smallest absolute Gasteiger partial charge is 0.255 e. The molecule has 0 aliphatic heterocycles. The minimum Gasteiger partial charge on any atom is -0.495 e. The predicted molar refractivity (Wildman–Crippen MR) is 107 cm³/mol. The Morgan fingerprint density at radius 2 is 1.89 bits per heavy atom. The summed E-state index contributed by atoms with van der Waals surface area (Å²) in [4.78, 5) is 20.6. The number of nitrogens with zero attached hydrogens (tertiary/aromatic N) is 1. The highest BCUT2D eigenvalue weighted by molar-refractivity contribution is 6.05. The summed E-state index contributed by atoms with van der Waals surface area (Å²) in [5.41, 5.74) is 4.97. The topological polar surface area (TPSA) is 67.0 Å². The number of hydrogen-bond acceptors (Lipinski definition) is 3. The van der Waals surface area contributed by atoms with Gasteiger partial charge in [0.25, 0.3) is 5.91 Å². The molecule has 0 bridgehead atoms. The number of H-pyrrole nitrogens is 1. The molecule has 1 amide bonds. The van der Waals surface area contributed by atoms with Crippen molar-refractivity contribution in [3.05, 3.63) is 77.9 Å².